The predicted molar refractivity (Wildman–Crippen MR) is 70.7 cm³/mol. The molecule has 96 valence electrons. The van der Waals surface area contributed by atoms with Crippen molar-refractivity contribution in [3.05, 3.63) is 69.2 Å². The first kappa shape index (κ1) is 13.6. The van der Waals surface area contributed by atoms with E-state index in [9.17, 15) is 14.7 Å². The third-order valence-electron chi connectivity index (χ3n) is 2.57. The fraction of sp³-hybridized carbons (Fsp3) is 0. The maximum Gasteiger partial charge on any atom is 0.193 e. The molecule has 0 saturated carbocycles. The highest BCUT2D eigenvalue weighted by Crippen LogP contribution is 2.24. The summed E-state index contributed by atoms with van der Waals surface area (Å²) < 4.78 is 0. The van der Waals surface area contributed by atoms with E-state index < -0.39 is 11.8 Å². The van der Waals surface area contributed by atoms with E-state index in [1.165, 1.54) is 36.4 Å². The van der Waals surface area contributed by atoms with Crippen molar-refractivity contribution in [3.63, 3.8) is 0 Å². The summed E-state index contributed by atoms with van der Waals surface area (Å²) in [5, 5.41) is 11.5. The van der Waals surface area contributed by atoms with Crippen LogP contribution in [-0.4, -0.2) is 11.8 Å². The summed E-state index contributed by atoms with van der Waals surface area (Å²) in [7, 11) is 0. The van der Waals surface area contributed by atoms with E-state index in [0.29, 0.717) is 5.02 Å². The number of hydrogen-bond donors (Lipinski definition) is 0. The van der Waals surface area contributed by atoms with Crippen LogP contribution in [0.25, 0.3) is 0 Å². The van der Waals surface area contributed by atoms with E-state index >= 15 is 0 Å². The van der Waals surface area contributed by atoms with Gasteiger partial charge in [-0.3, -0.25) is 4.79 Å². The molecule has 0 aliphatic carbocycles. The molecule has 0 radical (unpaired) electrons. The first-order valence-electron chi connectivity index (χ1n) is 5.31. The van der Waals surface area contributed by atoms with Crippen LogP contribution >= 0.6 is 23.2 Å². The number of rotatable bonds is 3. The van der Waals surface area contributed by atoms with E-state index in [4.69, 9.17) is 23.2 Å². The highest BCUT2D eigenvalue weighted by atomic mass is 35.5. The maximum absolute atomic E-state index is 12.2. The molecule has 2 aromatic carbocycles. The highest BCUT2D eigenvalue weighted by Gasteiger charge is 2.14. The Morgan fingerprint density at radius 1 is 0.895 bits per heavy atom. The second-order valence-electron chi connectivity index (χ2n) is 3.79. The highest BCUT2D eigenvalue weighted by molar-refractivity contribution is 6.42. The second-order valence-corrected chi connectivity index (χ2v) is 4.61. The molecule has 0 heterocycles. The zero-order valence-electron chi connectivity index (χ0n) is 9.52. The Morgan fingerprint density at radius 3 is 2.11 bits per heavy atom. The molecule has 0 fully saturated rings. The number of benzene rings is 2. The lowest BCUT2D eigenvalue weighted by Gasteiger charge is -2.09. The molecule has 2 rings (SSSR count). The van der Waals surface area contributed by atoms with Crippen molar-refractivity contribution in [2.45, 2.75) is 0 Å². The van der Waals surface area contributed by atoms with Crippen molar-refractivity contribution in [2.24, 2.45) is 0 Å². The van der Waals surface area contributed by atoms with Gasteiger partial charge in [0.2, 0.25) is 0 Å². The molecule has 0 aliphatic rings. The van der Waals surface area contributed by atoms with Crippen LogP contribution in [0.1, 0.15) is 26.3 Å². The molecule has 3 nitrogen and oxygen atoms in total. The molecular weight excluding hydrogens is 287 g/mol. The third-order valence-corrected chi connectivity index (χ3v) is 3.31. The quantitative estimate of drug-likeness (QED) is 0.817. The van der Waals surface area contributed by atoms with E-state index in [0.717, 1.165) is 0 Å². The van der Waals surface area contributed by atoms with E-state index in [1.807, 2.05) is 0 Å². The summed E-state index contributed by atoms with van der Waals surface area (Å²) in [5.74, 6) is -1.85. The summed E-state index contributed by atoms with van der Waals surface area (Å²) in [4.78, 5) is 23.2. The number of hydrogen-bond acceptors (Lipinski definition) is 3. The lowest BCUT2D eigenvalue weighted by Crippen LogP contribution is -2.25. The van der Waals surface area contributed by atoms with Crippen molar-refractivity contribution in [3.8, 4) is 0 Å². The molecule has 0 spiro atoms. The van der Waals surface area contributed by atoms with Gasteiger partial charge in [-0.2, -0.15) is 0 Å². The number of carboxylic acids is 1. The number of carbonyl (C=O) groups is 2. The molecule has 0 aromatic heterocycles. The van der Waals surface area contributed by atoms with Gasteiger partial charge in [-0.25, -0.2) is 0 Å². The van der Waals surface area contributed by atoms with Gasteiger partial charge in [0.1, 0.15) is 0 Å². The lowest BCUT2D eigenvalue weighted by molar-refractivity contribution is -0.255. The van der Waals surface area contributed by atoms with Gasteiger partial charge in [-0.05, 0) is 18.2 Å². The molecule has 0 aliphatic heterocycles. The number of aromatic carboxylic acids is 1. The zero-order valence-corrected chi connectivity index (χ0v) is 11.0. The minimum atomic E-state index is -1.40. The molecule has 2 aromatic rings. The minimum absolute atomic E-state index is 0.0564. The van der Waals surface area contributed by atoms with Gasteiger partial charge >= 0.3 is 0 Å². The van der Waals surface area contributed by atoms with Crippen LogP contribution in [0.4, 0.5) is 0 Å². The fourth-order valence-electron chi connectivity index (χ4n) is 1.65. The summed E-state index contributed by atoms with van der Waals surface area (Å²) in [6, 6.07) is 10.2. The van der Waals surface area contributed by atoms with E-state index in [-0.39, 0.29) is 21.7 Å². The van der Waals surface area contributed by atoms with Crippen molar-refractivity contribution < 1.29 is 14.7 Å². The molecule has 19 heavy (non-hydrogen) atoms. The Labute approximate surface area is 119 Å². The smallest absolute Gasteiger partial charge is 0.193 e. The summed E-state index contributed by atoms with van der Waals surface area (Å²) in [5.41, 5.74) is 0.169. The fourth-order valence-corrected chi connectivity index (χ4v) is 1.95. The summed E-state index contributed by atoms with van der Waals surface area (Å²) in [6.07, 6.45) is 0. The van der Waals surface area contributed by atoms with Crippen molar-refractivity contribution in [1.82, 2.24) is 0 Å². The maximum atomic E-state index is 12.2. The van der Waals surface area contributed by atoms with Gasteiger partial charge in [-0.1, -0.05) is 47.5 Å². The monoisotopic (exact) mass is 293 g/mol. The van der Waals surface area contributed by atoms with Crippen LogP contribution in [0, 0.1) is 0 Å². The molecule has 5 heteroatoms. The summed E-state index contributed by atoms with van der Waals surface area (Å²) >= 11 is 11.6. The number of halogens is 2. The van der Waals surface area contributed by atoms with Crippen LogP contribution in [0.3, 0.4) is 0 Å². The molecular formula is C14H7Cl2O3-. The predicted octanol–water partition coefficient (Wildman–Crippen LogP) is 2.59. The first-order valence-corrected chi connectivity index (χ1v) is 6.06. The van der Waals surface area contributed by atoms with Crippen LogP contribution in [0.15, 0.2) is 42.5 Å². The Morgan fingerprint density at radius 2 is 1.53 bits per heavy atom. The second kappa shape index (κ2) is 5.43. The van der Waals surface area contributed by atoms with Crippen LogP contribution in [0.2, 0.25) is 10.0 Å². The number of carbonyl (C=O) groups excluding carboxylic acids is 2. The van der Waals surface area contributed by atoms with Gasteiger partial charge < -0.3 is 9.90 Å². The van der Waals surface area contributed by atoms with Gasteiger partial charge in [-0.15, -0.1) is 0 Å². The molecule has 0 unspecified atom stereocenters. The molecule has 0 bridgehead atoms. The Kier molecular flexibility index (Phi) is 3.88. The topological polar surface area (TPSA) is 57.2 Å². The molecule has 0 atom stereocenters. The van der Waals surface area contributed by atoms with E-state index in [1.54, 1.807) is 6.07 Å². The van der Waals surface area contributed by atoms with Gasteiger partial charge in [0.05, 0.1) is 16.0 Å². The van der Waals surface area contributed by atoms with Crippen molar-refractivity contribution >= 4 is 35.0 Å². The largest absolute Gasteiger partial charge is 0.545 e. The van der Waals surface area contributed by atoms with Crippen LogP contribution in [0.5, 0.6) is 0 Å². The average Bonchev–Trinajstić information content (AvgIpc) is 2.41. The normalized spacial score (nSPS) is 10.2. The Hall–Kier alpha value is -1.84. The van der Waals surface area contributed by atoms with Gasteiger partial charge in [0.15, 0.2) is 5.78 Å². The third kappa shape index (κ3) is 2.78. The number of carboxylic acid groups (broad SMARTS) is 1. The Bertz CT molecular complexity index is 665. The van der Waals surface area contributed by atoms with Crippen molar-refractivity contribution in [2.75, 3.05) is 0 Å². The van der Waals surface area contributed by atoms with Crippen molar-refractivity contribution in [1.29, 1.82) is 0 Å². The average molecular weight is 294 g/mol. The molecule has 0 saturated heterocycles. The Balaban J connectivity index is 2.50. The van der Waals surface area contributed by atoms with Gasteiger partial charge in [0.25, 0.3) is 0 Å². The SMILES string of the molecule is O=C([O-])c1ccccc1C(=O)c1ccc(Cl)c(Cl)c1. The lowest BCUT2D eigenvalue weighted by atomic mass is 9.98. The molecule has 0 amide bonds. The summed E-state index contributed by atoms with van der Waals surface area (Å²) in [6.45, 7) is 0. The number of ketones is 1. The standard InChI is InChI=1S/C14H8Cl2O3/c15-11-6-5-8(7-12(11)16)13(17)9-3-1-2-4-10(9)14(18)19/h1-7H,(H,18,19)/p-1. The van der Waals surface area contributed by atoms with Gasteiger partial charge in [0, 0.05) is 16.7 Å². The van der Waals surface area contributed by atoms with E-state index in [2.05, 4.69) is 0 Å². The van der Waals surface area contributed by atoms with Crippen LogP contribution in [-0.2, 0) is 0 Å². The van der Waals surface area contributed by atoms with Crippen LogP contribution < -0.4 is 5.11 Å². The molecule has 0 N–H and O–H groups in total. The zero-order chi connectivity index (χ0) is 14.0. The minimum Gasteiger partial charge on any atom is -0.545 e. The first-order chi connectivity index (χ1) is 9.00.